The summed E-state index contributed by atoms with van der Waals surface area (Å²) < 4.78 is 6.15. The van der Waals surface area contributed by atoms with Gasteiger partial charge in [0.05, 0.1) is 6.10 Å². The van der Waals surface area contributed by atoms with Crippen LogP contribution in [0.5, 0.6) is 5.75 Å². The van der Waals surface area contributed by atoms with Crippen LogP contribution in [0.3, 0.4) is 0 Å². The lowest BCUT2D eigenvalue weighted by Crippen LogP contribution is -2.22. The molecule has 1 nitrogen and oxygen atoms in total. The highest BCUT2D eigenvalue weighted by molar-refractivity contribution is 5.29. The average molecular weight is 331 g/mol. The first-order valence-corrected chi connectivity index (χ1v) is 9.75. The summed E-state index contributed by atoms with van der Waals surface area (Å²) in [6.07, 6.45) is 8.16. The van der Waals surface area contributed by atoms with Crippen LogP contribution in [0.4, 0.5) is 0 Å². The van der Waals surface area contributed by atoms with Crippen molar-refractivity contribution in [3.8, 4) is 5.75 Å². The van der Waals surface area contributed by atoms with E-state index in [2.05, 4.69) is 78.5 Å². The molecule has 1 rings (SSSR count). The zero-order valence-corrected chi connectivity index (χ0v) is 16.8. The lowest BCUT2D eigenvalue weighted by atomic mass is 9.75. The summed E-state index contributed by atoms with van der Waals surface area (Å²) in [7, 11) is 0. The highest BCUT2D eigenvalue weighted by Crippen LogP contribution is 2.37. The SMILES string of the molecule is C=CCC(CC)(CC)CCC(C)Oc1ccc(C(C)C(C)C)cc1. The fourth-order valence-electron chi connectivity index (χ4n) is 3.34. The molecule has 0 fully saturated rings. The molecule has 2 atom stereocenters. The highest BCUT2D eigenvalue weighted by Gasteiger charge is 2.25. The van der Waals surface area contributed by atoms with Crippen LogP contribution >= 0.6 is 0 Å². The first kappa shape index (κ1) is 20.8. The quantitative estimate of drug-likeness (QED) is 0.385. The summed E-state index contributed by atoms with van der Waals surface area (Å²) in [6.45, 7) is 17.6. The molecule has 1 aromatic rings. The Balaban J connectivity index is 2.58. The van der Waals surface area contributed by atoms with Gasteiger partial charge in [-0.15, -0.1) is 6.58 Å². The van der Waals surface area contributed by atoms with Crippen molar-refractivity contribution < 1.29 is 4.74 Å². The normalized spacial score (nSPS) is 14.5. The monoisotopic (exact) mass is 330 g/mol. The van der Waals surface area contributed by atoms with Crippen LogP contribution in [0.1, 0.15) is 85.1 Å². The first-order chi connectivity index (χ1) is 11.4. The predicted octanol–water partition coefficient (Wildman–Crippen LogP) is 7.38. The third-order valence-electron chi connectivity index (χ3n) is 5.90. The van der Waals surface area contributed by atoms with E-state index in [1.54, 1.807) is 0 Å². The van der Waals surface area contributed by atoms with Crippen LogP contribution in [0, 0.1) is 11.3 Å². The summed E-state index contributed by atoms with van der Waals surface area (Å²) in [5, 5.41) is 0. The van der Waals surface area contributed by atoms with Gasteiger partial charge in [-0.25, -0.2) is 0 Å². The molecule has 0 heterocycles. The van der Waals surface area contributed by atoms with Crippen LogP contribution in [-0.4, -0.2) is 6.10 Å². The van der Waals surface area contributed by atoms with Gasteiger partial charge in [0.25, 0.3) is 0 Å². The minimum Gasteiger partial charge on any atom is -0.491 e. The molecule has 0 saturated carbocycles. The maximum absolute atomic E-state index is 6.15. The van der Waals surface area contributed by atoms with Gasteiger partial charge in [-0.2, -0.15) is 0 Å². The van der Waals surface area contributed by atoms with E-state index in [1.165, 1.54) is 24.8 Å². The van der Waals surface area contributed by atoms with Crippen LogP contribution in [0.25, 0.3) is 0 Å². The van der Waals surface area contributed by atoms with Gasteiger partial charge >= 0.3 is 0 Å². The summed E-state index contributed by atoms with van der Waals surface area (Å²) in [6, 6.07) is 8.68. The van der Waals surface area contributed by atoms with Gasteiger partial charge in [0.2, 0.25) is 0 Å². The van der Waals surface area contributed by atoms with E-state index < -0.39 is 0 Å². The fraction of sp³-hybridized carbons (Fsp3) is 0.652. The number of hydrogen-bond donors (Lipinski definition) is 0. The zero-order valence-electron chi connectivity index (χ0n) is 16.8. The Bertz CT molecular complexity index is 467. The second-order valence-electron chi connectivity index (χ2n) is 7.77. The molecular weight excluding hydrogens is 292 g/mol. The molecule has 24 heavy (non-hydrogen) atoms. The van der Waals surface area contributed by atoms with Crippen molar-refractivity contribution in [1.82, 2.24) is 0 Å². The molecule has 0 amide bonds. The van der Waals surface area contributed by atoms with E-state index in [9.17, 15) is 0 Å². The largest absolute Gasteiger partial charge is 0.491 e. The van der Waals surface area contributed by atoms with E-state index in [1.807, 2.05) is 0 Å². The van der Waals surface area contributed by atoms with Gasteiger partial charge in [-0.3, -0.25) is 0 Å². The van der Waals surface area contributed by atoms with Crippen LogP contribution in [0.15, 0.2) is 36.9 Å². The smallest absolute Gasteiger partial charge is 0.119 e. The van der Waals surface area contributed by atoms with E-state index >= 15 is 0 Å². The second-order valence-corrected chi connectivity index (χ2v) is 7.77. The van der Waals surface area contributed by atoms with Gasteiger partial charge in [0.15, 0.2) is 0 Å². The molecule has 1 aromatic carbocycles. The second kappa shape index (κ2) is 9.91. The highest BCUT2D eigenvalue weighted by atomic mass is 16.5. The third-order valence-corrected chi connectivity index (χ3v) is 5.90. The Morgan fingerprint density at radius 1 is 1.04 bits per heavy atom. The van der Waals surface area contributed by atoms with E-state index in [0.29, 0.717) is 17.3 Å². The summed E-state index contributed by atoms with van der Waals surface area (Å²) in [5.41, 5.74) is 1.79. The molecule has 0 aliphatic heterocycles. The van der Waals surface area contributed by atoms with Crippen molar-refractivity contribution in [3.05, 3.63) is 42.5 Å². The average Bonchev–Trinajstić information content (AvgIpc) is 2.58. The van der Waals surface area contributed by atoms with E-state index in [4.69, 9.17) is 4.74 Å². The Hall–Kier alpha value is -1.24. The number of allylic oxidation sites excluding steroid dienone is 1. The Kier molecular flexibility index (Phi) is 8.59. The van der Waals surface area contributed by atoms with Crippen molar-refractivity contribution >= 4 is 0 Å². The molecule has 0 spiro atoms. The Labute approximate surface area is 150 Å². The third kappa shape index (κ3) is 6.00. The lowest BCUT2D eigenvalue weighted by molar-refractivity contribution is 0.159. The van der Waals surface area contributed by atoms with Gasteiger partial charge in [0.1, 0.15) is 5.75 Å². The zero-order chi connectivity index (χ0) is 18.2. The molecule has 2 unspecified atom stereocenters. The van der Waals surface area contributed by atoms with Gasteiger partial charge < -0.3 is 4.74 Å². The minimum absolute atomic E-state index is 0.251. The van der Waals surface area contributed by atoms with Crippen molar-refractivity contribution in [2.45, 2.75) is 85.7 Å². The standard InChI is InChI=1S/C23H38O/c1-8-16-23(9-2,10-3)17-15-19(6)24-22-13-11-21(12-14-22)20(7)18(4)5/h8,11-14,18-20H,1,9-10,15-17H2,2-7H3. The lowest BCUT2D eigenvalue weighted by Gasteiger charge is -2.32. The number of hydrogen-bond acceptors (Lipinski definition) is 1. The van der Waals surface area contributed by atoms with Crippen molar-refractivity contribution in [3.63, 3.8) is 0 Å². The van der Waals surface area contributed by atoms with E-state index in [-0.39, 0.29) is 6.10 Å². The molecule has 136 valence electrons. The van der Waals surface area contributed by atoms with Gasteiger partial charge in [-0.1, -0.05) is 65.7 Å². The minimum atomic E-state index is 0.251. The molecule has 0 bridgehead atoms. The number of ether oxygens (including phenoxy) is 1. The van der Waals surface area contributed by atoms with Crippen molar-refractivity contribution in [2.24, 2.45) is 11.3 Å². The summed E-state index contributed by atoms with van der Waals surface area (Å²) in [4.78, 5) is 0. The molecule has 0 aliphatic carbocycles. The Morgan fingerprint density at radius 3 is 2.08 bits per heavy atom. The molecule has 0 N–H and O–H groups in total. The Morgan fingerprint density at radius 2 is 1.62 bits per heavy atom. The van der Waals surface area contributed by atoms with E-state index in [0.717, 1.165) is 18.6 Å². The first-order valence-electron chi connectivity index (χ1n) is 9.75. The van der Waals surface area contributed by atoms with Gasteiger partial charge in [-0.05, 0) is 61.1 Å². The van der Waals surface area contributed by atoms with Crippen molar-refractivity contribution in [2.75, 3.05) is 0 Å². The number of rotatable bonds is 11. The summed E-state index contributed by atoms with van der Waals surface area (Å²) in [5.74, 6) is 2.24. The van der Waals surface area contributed by atoms with Crippen LogP contribution in [-0.2, 0) is 0 Å². The summed E-state index contributed by atoms with van der Waals surface area (Å²) >= 11 is 0. The van der Waals surface area contributed by atoms with Crippen molar-refractivity contribution in [1.29, 1.82) is 0 Å². The predicted molar refractivity (Wildman–Crippen MR) is 107 cm³/mol. The maximum atomic E-state index is 6.15. The molecule has 0 aromatic heterocycles. The topological polar surface area (TPSA) is 9.23 Å². The molecule has 1 heteroatoms. The maximum Gasteiger partial charge on any atom is 0.119 e. The molecular formula is C23H38O. The number of benzene rings is 1. The van der Waals surface area contributed by atoms with Crippen LogP contribution in [0.2, 0.25) is 0 Å². The van der Waals surface area contributed by atoms with Crippen LogP contribution < -0.4 is 4.74 Å². The molecule has 0 aliphatic rings. The van der Waals surface area contributed by atoms with Gasteiger partial charge in [0, 0.05) is 0 Å². The molecule has 0 radical (unpaired) electrons. The molecule has 0 saturated heterocycles. The fourth-order valence-corrected chi connectivity index (χ4v) is 3.34.